The first-order valence-corrected chi connectivity index (χ1v) is 12.5. The van der Waals surface area contributed by atoms with Gasteiger partial charge in [0.05, 0.1) is 19.8 Å². The van der Waals surface area contributed by atoms with Crippen LogP contribution in [0.25, 0.3) is 0 Å². The summed E-state index contributed by atoms with van der Waals surface area (Å²) < 4.78 is 10.9. The summed E-state index contributed by atoms with van der Waals surface area (Å²) in [5, 5.41) is 8.48. The van der Waals surface area contributed by atoms with E-state index in [9.17, 15) is 4.79 Å². The number of carbonyl (C=O) groups is 1. The second kappa shape index (κ2) is 20.6. The van der Waals surface area contributed by atoms with Gasteiger partial charge in [0.1, 0.15) is 11.7 Å². The van der Waals surface area contributed by atoms with Gasteiger partial charge in [-0.1, -0.05) is 41.5 Å². The molecule has 0 saturated heterocycles. The summed E-state index contributed by atoms with van der Waals surface area (Å²) in [5.74, 6) is 1.99. The molecule has 0 spiro atoms. The molecule has 0 aromatic heterocycles. The number of nitrogens with one attached hydrogen (secondary N) is 2. The minimum Gasteiger partial charge on any atom is -0.376 e. The van der Waals surface area contributed by atoms with Gasteiger partial charge in [-0.3, -0.25) is 4.79 Å². The molecule has 0 aliphatic rings. The molecule has 0 aromatic rings. The molecule has 0 aliphatic heterocycles. The minimum atomic E-state index is 0.229. The van der Waals surface area contributed by atoms with E-state index >= 15 is 0 Å². The summed E-state index contributed by atoms with van der Waals surface area (Å²) in [7, 11) is 3.54. The second-order valence-corrected chi connectivity index (χ2v) is 8.85. The van der Waals surface area contributed by atoms with E-state index in [0.717, 1.165) is 18.7 Å². The molecule has 0 fully saturated rings. The molecule has 0 amide bonds. The molecular weight excluding hydrogens is 376 g/mol. The number of Topliss-reactive ketones (excluding diaryl/α,β-unsaturated/α-hetero) is 1. The van der Waals surface area contributed by atoms with Gasteiger partial charge in [-0.2, -0.15) is 0 Å². The van der Waals surface area contributed by atoms with Crippen LogP contribution in [0, 0.1) is 0 Å². The van der Waals surface area contributed by atoms with Crippen molar-refractivity contribution in [2.24, 2.45) is 0 Å². The molecular formula is C17H34N2O3S3. The number of hydrogen-bond donors (Lipinski definition) is 2. The van der Waals surface area contributed by atoms with Crippen LogP contribution in [0.2, 0.25) is 0 Å². The molecule has 0 rings (SSSR count). The van der Waals surface area contributed by atoms with Crippen molar-refractivity contribution in [1.82, 2.24) is 10.6 Å². The van der Waals surface area contributed by atoms with Gasteiger partial charge in [0.15, 0.2) is 0 Å². The van der Waals surface area contributed by atoms with E-state index in [1.165, 1.54) is 0 Å². The summed E-state index contributed by atoms with van der Waals surface area (Å²) in [6.07, 6.45) is 5.35. The van der Waals surface area contributed by atoms with Crippen molar-refractivity contribution in [3.8, 4) is 0 Å². The van der Waals surface area contributed by atoms with Crippen LogP contribution in [-0.4, -0.2) is 69.2 Å². The number of thioether (sulfide) groups is 1. The quantitative estimate of drug-likeness (QED) is 0.191. The van der Waals surface area contributed by atoms with Gasteiger partial charge in [-0.15, -0.1) is 11.8 Å². The average Bonchev–Trinajstić information content (AvgIpc) is 2.58. The largest absolute Gasteiger partial charge is 0.376 e. The lowest BCUT2D eigenvalue weighted by Crippen LogP contribution is -2.26. The number of hydrogen-bond acceptors (Lipinski definition) is 8. The van der Waals surface area contributed by atoms with Gasteiger partial charge < -0.3 is 20.1 Å². The van der Waals surface area contributed by atoms with E-state index in [1.807, 2.05) is 28.5 Å². The molecule has 5 nitrogen and oxygen atoms in total. The van der Waals surface area contributed by atoms with Crippen molar-refractivity contribution < 1.29 is 14.3 Å². The highest BCUT2D eigenvalue weighted by atomic mass is 33.1. The van der Waals surface area contributed by atoms with E-state index in [-0.39, 0.29) is 5.78 Å². The van der Waals surface area contributed by atoms with Crippen LogP contribution < -0.4 is 10.6 Å². The summed E-state index contributed by atoms with van der Waals surface area (Å²) in [4.78, 5) is 11.7. The Balaban J connectivity index is 3.19. The maximum Gasteiger partial charge on any atom is 0.146 e. The second-order valence-electron chi connectivity index (χ2n) is 5.58. The monoisotopic (exact) mass is 410 g/mol. The SMILES string of the molecule is CS/C=C/COCCNCC(=O)CCCOCSSCCNC(C)C. The molecule has 8 heteroatoms. The first-order valence-electron chi connectivity index (χ1n) is 8.70. The fourth-order valence-electron chi connectivity index (χ4n) is 1.69. The molecule has 0 unspecified atom stereocenters. The molecule has 25 heavy (non-hydrogen) atoms. The predicted octanol–water partition coefficient (Wildman–Crippen LogP) is 3.17. The fourth-order valence-corrected chi connectivity index (χ4v) is 3.55. The molecule has 148 valence electrons. The molecule has 0 saturated carbocycles. The topological polar surface area (TPSA) is 59.6 Å². The third kappa shape index (κ3) is 22.3. The number of ether oxygens (including phenoxy) is 2. The first kappa shape index (κ1) is 25.3. The van der Waals surface area contributed by atoms with Gasteiger partial charge >= 0.3 is 0 Å². The molecule has 0 atom stereocenters. The predicted molar refractivity (Wildman–Crippen MR) is 115 cm³/mol. The lowest BCUT2D eigenvalue weighted by atomic mass is 10.2. The maximum atomic E-state index is 11.7. The molecule has 0 aromatic carbocycles. The zero-order valence-corrected chi connectivity index (χ0v) is 18.2. The van der Waals surface area contributed by atoms with Crippen LogP contribution in [0.15, 0.2) is 11.5 Å². The Morgan fingerprint density at radius 2 is 2.00 bits per heavy atom. The van der Waals surface area contributed by atoms with Crippen molar-refractivity contribution in [3.63, 3.8) is 0 Å². The van der Waals surface area contributed by atoms with Gasteiger partial charge in [0.2, 0.25) is 0 Å². The van der Waals surface area contributed by atoms with Crippen LogP contribution in [0.4, 0.5) is 0 Å². The van der Waals surface area contributed by atoms with Crippen LogP contribution in [0.1, 0.15) is 26.7 Å². The zero-order valence-electron chi connectivity index (χ0n) is 15.8. The molecule has 2 N–H and O–H groups in total. The third-order valence-electron chi connectivity index (χ3n) is 2.89. The summed E-state index contributed by atoms with van der Waals surface area (Å²) in [5.41, 5.74) is 0. The Morgan fingerprint density at radius 3 is 2.76 bits per heavy atom. The summed E-state index contributed by atoms with van der Waals surface area (Å²) in [6, 6.07) is 0.545. The standard InChI is InChI=1S/C17H34N2O3S3/c1-16(2)19-8-13-24-25-15-22-9-4-6-17(20)14-18-7-11-21-10-5-12-23-3/h5,12,16,18-19H,4,6-11,13-15H2,1-3H3/b12-5+. The van der Waals surface area contributed by atoms with E-state index in [4.69, 9.17) is 9.47 Å². The number of ketones is 1. The van der Waals surface area contributed by atoms with Crippen molar-refractivity contribution in [2.45, 2.75) is 32.7 Å². The Morgan fingerprint density at radius 1 is 1.16 bits per heavy atom. The maximum absolute atomic E-state index is 11.7. The normalized spacial score (nSPS) is 11.7. The van der Waals surface area contributed by atoms with Crippen molar-refractivity contribution in [2.75, 3.05) is 57.4 Å². The summed E-state index contributed by atoms with van der Waals surface area (Å²) >= 11 is 1.66. The smallest absolute Gasteiger partial charge is 0.146 e. The van der Waals surface area contributed by atoms with Crippen LogP contribution in [0.5, 0.6) is 0 Å². The molecule has 0 radical (unpaired) electrons. The Hall–Kier alpha value is 0.300. The zero-order chi connectivity index (χ0) is 18.6. The number of rotatable bonds is 19. The molecule has 0 heterocycles. The summed E-state index contributed by atoms with van der Waals surface area (Å²) in [6.45, 7) is 8.33. The van der Waals surface area contributed by atoms with E-state index in [2.05, 4.69) is 24.5 Å². The highest BCUT2D eigenvalue weighted by molar-refractivity contribution is 8.76. The average molecular weight is 411 g/mol. The van der Waals surface area contributed by atoms with Crippen LogP contribution >= 0.6 is 33.3 Å². The number of carbonyl (C=O) groups excluding carboxylic acids is 1. The van der Waals surface area contributed by atoms with Crippen LogP contribution in [-0.2, 0) is 14.3 Å². The van der Waals surface area contributed by atoms with Crippen LogP contribution in [0.3, 0.4) is 0 Å². The lowest BCUT2D eigenvalue weighted by molar-refractivity contribution is -0.118. The third-order valence-corrected chi connectivity index (χ3v) is 5.44. The van der Waals surface area contributed by atoms with Crippen molar-refractivity contribution >= 4 is 39.1 Å². The van der Waals surface area contributed by atoms with Gasteiger partial charge in [-0.25, -0.2) is 0 Å². The van der Waals surface area contributed by atoms with Crippen molar-refractivity contribution in [3.05, 3.63) is 11.5 Å². The Labute approximate surface area is 165 Å². The van der Waals surface area contributed by atoms with Crippen molar-refractivity contribution in [1.29, 1.82) is 0 Å². The molecule has 0 aliphatic carbocycles. The first-order chi connectivity index (χ1) is 12.2. The van der Waals surface area contributed by atoms with E-state index in [1.54, 1.807) is 22.6 Å². The van der Waals surface area contributed by atoms with E-state index < -0.39 is 0 Å². The van der Waals surface area contributed by atoms with Gasteiger partial charge in [0.25, 0.3) is 0 Å². The van der Waals surface area contributed by atoms with Gasteiger partial charge in [-0.05, 0) is 18.1 Å². The molecule has 0 bridgehead atoms. The van der Waals surface area contributed by atoms with Gasteiger partial charge in [0, 0.05) is 37.9 Å². The Bertz CT molecular complexity index is 332. The Kier molecular flexibility index (Phi) is 20.9. The van der Waals surface area contributed by atoms with E-state index in [0.29, 0.717) is 51.3 Å². The lowest BCUT2D eigenvalue weighted by Gasteiger charge is -2.07. The highest BCUT2D eigenvalue weighted by Gasteiger charge is 2.01. The fraction of sp³-hybridized carbons (Fsp3) is 0.824. The highest BCUT2D eigenvalue weighted by Crippen LogP contribution is 2.20. The minimum absolute atomic E-state index is 0.229.